The highest BCUT2D eigenvalue weighted by molar-refractivity contribution is 5.97. The number of aryl methyl sites for hydroxylation is 1. The topological polar surface area (TPSA) is 98.3 Å². The standard InChI is InChI=1S/C23H24N6O3/c1-3-24-22(30)19-12-18-20(32-19)21(28-7-9-31-10-8-28)27-23(26-18)29-14-17(13-25-29)16-6-4-5-15(2)11-16/h4-6,11-14H,3,7-10H2,1-2H3,(H,24,30). The normalized spacial score (nSPS) is 14.1. The van der Waals surface area contributed by atoms with Crippen molar-refractivity contribution in [3.63, 3.8) is 0 Å². The summed E-state index contributed by atoms with van der Waals surface area (Å²) in [6, 6.07) is 9.89. The zero-order valence-electron chi connectivity index (χ0n) is 18.0. The van der Waals surface area contributed by atoms with Crippen molar-refractivity contribution in [2.75, 3.05) is 37.7 Å². The number of hydrogen-bond donors (Lipinski definition) is 1. The van der Waals surface area contributed by atoms with E-state index in [0.717, 1.165) is 11.1 Å². The maximum Gasteiger partial charge on any atom is 0.287 e. The summed E-state index contributed by atoms with van der Waals surface area (Å²) in [7, 11) is 0. The van der Waals surface area contributed by atoms with Crippen LogP contribution in [0.4, 0.5) is 5.82 Å². The third-order valence-corrected chi connectivity index (χ3v) is 5.35. The zero-order valence-corrected chi connectivity index (χ0v) is 18.0. The molecule has 4 aromatic rings. The Morgan fingerprint density at radius 3 is 2.78 bits per heavy atom. The summed E-state index contributed by atoms with van der Waals surface area (Å²) in [6.45, 7) is 6.99. The number of hydrogen-bond acceptors (Lipinski definition) is 7. The van der Waals surface area contributed by atoms with Gasteiger partial charge >= 0.3 is 0 Å². The minimum atomic E-state index is -0.277. The molecule has 0 aliphatic carbocycles. The molecule has 3 aromatic heterocycles. The number of ether oxygens (including phenoxy) is 1. The molecule has 0 bridgehead atoms. The molecule has 1 amide bonds. The smallest absolute Gasteiger partial charge is 0.287 e. The Hall–Kier alpha value is -3.72. The maximum absolute atomic E-state index is 12.3. The average Bonchev–Trinajstić information content (AvgIpc) is 3.47. The van der Waals surface area contributed by atoms with E-state index in [1.54, 1.807) is 16.9 Å². The molecule has 0 spiro atoms. The summed E-state index contributed by atoms with van der Waals surface area (Å²) in [6.07, 6.45) is 3.70. The highest BCUT2D eigenvalue weighted by atomic mass is 16.5. The molecule has 0 saturated carbocycles. The van der Waals surface area contributed by atoms with Crippen molar-refractivity contribution in [1.82, 2.24) is 25.1 Å². The van der Waals surface area contributed by atoms with Crippen LogP contribution in [0.25, 0.3) is 28.2 Å². The summed E-state index contributed by atoms with van der Waals surface area (Å²) >= 11 is 0. The highest BCUT2D eigenvalue weighted by Gasteiger charge is 2.23. The van der Waals surface area contributed by atoms with Crippen LogP contribution in [-0.4, -0.2) is 58.5 Å². The van der Waals surface area contributed by atoms with Crippen LogP contribution in [0.5, 0.6) is 0 Å². The Balaban J connectivity index is 1.59. The number of anilines is 1. The molecule has 164 valence electrons. The molecule has 9 nitrogen and oxygen atoms in total. The van der Waals surface area contributed by atoms with Gasteiger partial charge in [0.25, 0.3) is 11.9 Å². The Labute approximate surface area is 185 Å². The van der Waals surface area contributed by atoms with Gasteiger partial charge in [0.1, 0.15) is 5.52 Å². The number of carbonyl (C=O) groups excluding carboxylic acids is 1. The van der Waals surface area contributed by atoms with E-state index in [4.69, 9.17) is 14.1 Å². The van der Waals surface area contributed by atoms with E-state index in [-0.39, 0.29) is 11.7 Å². The van der Waals surface area contributed by atoms with Crippen LogP contribution in [0, 0.1) is 6.92 Å². The van der Waals surface area contributed by atoms with Gasteiger partial charge in [0.15, 0.2) is 17.2 Å². The molecule has 1 aliphatic heterocycles. The minimum absolute atomic E-state index is 0.212. The number of nitrogens with one attached hydrogen (secondary N) is 1. The first-order chi connectivity index (χ1) is 15.6. The number of amides is 1. The summed E-state index contributed by atoms with van der Waals surface area (Å²) in [4.78, 5) is 23.8. The number of carbonyl (C=O) groups is 1. The van der Waals surface area contributed by atoms with Gasteiger partial charge in [0.2, 0.25) is 0 Å². The lowest BCUT2D eigenvalue weighted by Crippen LogP contribution is -2.37. The SMILES string of the molecule is CCNC(=O)c1cc2nc(-n3cc(-c4cccc(C)c4)cn3)nc(N3CCOCC3)c2o1. The largest absolute Gasteiger partial charge is 0.445 e. The second-order valence-electron chi connectivity index (χ2n) is 7.67. The zero-order chi connectivity index (χ0) is 22.1. The van der Waals surface area contributed by atoms with Gasteiger partial charge in [-0.25, -0.2) is 9.67 Å². The fraction of sp³-hybridized carbons (Fsp3) is 0.304. The fourth-order valence-electron chi connectivity index (χ4n) is 3.76. The van der Waals surface area contributed by atoms with E-state index in [2.05, 4.69) is 39.4 Å². The van der Waals surface area contributed by atoms with Crippen molar-refractivity contribution in [3.05, 3.63) is 54.0 Å². The number of rotatable bonds is 5. The first-order valence-corrected chi connectivity index (χ1v) is 10.7. The van der Waals surface area contributed by atoms with Crippen LogP contribution >= 0.6 is 0 Å². The molecule has 1 fully saturated rings. The number of benzene rings is 1. The number of nitrogens with zero attached hydrogens (tertiary/aromatic N) is 5. The summed E-state index contributed by atoms with van der Waals surface area (Å²) in [5, 5.41) is 7.26. The molecular weight excluding hydrogens is 408 g/mol. The molecule has 4 heterocycles. The molecule has 32 heavy (non-hydrogen) atoms. The van der Waals surface area contributed by atoms with Crippen LogP contribution < -0.4 is 10.2 Å². The minimum Gasteiger partial charge on any atom is -0.445 e. The average molecular weight is 432 g/mol. The van der Waals surface area contributed by atoms with Crippen LogP contribution in [0.3, 0.4) is 0 Å². The molecule has 0 atom stereocenters. The van der Waals surface area contributed by atoms with Crippen molar-refractivity contribution in [2.24, 2.45) is 0 Å². The first kappa shape index (κ1) is 20.2. The molecular formula is C23H24N6O3. The third-order valence-electron chi connectivity index (χ3n) is 5.35. The molecule has 1 N–H and O–H groups in total. The van der Waals surface area contributed by atoms with Gasteiger partial charge in [-0.2, -0.15) is 10.1 Å². The van der Waals surface area contributed by atoms with E-state index in [9.17, 15) is 4.79 Å². The van der Waals surface area contributed by atoms with Crippen molar-refractivity contribution < 1.29 is 13.9 Å². The number of furan rings is 1. The van der Waals surface area contributed by atoms with Gasteiger partial charge in [0, 0.05) is 37.5 Å². The molecule has 0 radical (unpaired) electrons. The Morgan fingerprint density at radius 1 is 1.16 bits per heavy atom. The van der Waals surface area contributed by atoms with E-state index in [1.165, 1.54) is 5.56 Å². The summed E-state index contributed by atoms with van der Waals surface area (Å²) in [5.41, 5.74) is 4.28. The van der Waals surface area contributed by atoms with Crippen LogP contribution in [0.15, 0.2) is 47.1 Å². The van der Waals surface area contributed by atoms with E-state index in [1.807, 2.05) is 25.3 Å². The molecule has 1 aromatic carbocycles. The summed E-state index contributed by atoms with van der Waals surface area (Å²) < 4.78 is 13.0. The van der Waals surface area contributed by atoms with Gasteiger partial charge in [-0.3, -0.25) is 4.79 Å². The van der Waals surface area contributed by atoms with E-state index < -0.39 is 0 Å². The lowest BCUT2D eigenvalue weighted by Gasteiger charge is -2.27. The van der Waals surface area contributed by atoms with Crippen LogP contribution in [-0.2, 0) is 4.74 Å². The Kier molecular flexibility index (Phi) is 5.32. The van der Waals surface area contributed by atoms with E-state index >= 15 is 0 Å². The molecule has 5 rings (SSSR count). The lowest BCUT2D eigenvalue weighted by atomic mass is 10.1. The number of morpholine rings is 1. The molecule has 1 aliphatic rings. The second kappa shape index (κ2) is 8.43. The maximum atomic E-state index is 12.3. The lowest BCUT2D eigenvalue weighted by molar-refractivity contribution is 0.0930. The van der Waals surface area contributed by atoms with Gasteiger partial charge in [-0.05, 0) is 19.4 Å². The molecule has 1 saturated heterocycles. The van der Waals surface area contributed by atoms with Gasteiger partial charge in [0.05, 0.1) is 19.4 Å². The van der Waals surface area contributed by atoms with Crippen molar-refractivity contribution in [1.29, 1.82) is 0 Å². The third kappa shape index (κ3) is 3.82. The van der Waals surface area contributed by atoms with Crippen LogP contribution in [0.1, 0.15) is 23.0 Å². The van der Waals surface area contributed by atoms with Gasteiger partial charge < -0.3 is 19.4 Å². The first-order valence-electron chi connectivity index (χ1n) is 10.7. The monoisotopic (exact) mass is 432 g/mol. The predicted molar refractivity (Wildman–Crippen MR) is 120 cm³/mol. The molecule has 0 unspecified atom stereocenters. The second-order valence-corrected chi connectivity index (χ2v) is 7.67. The molecule has 9 heteroatoms. The Morgan fingerprint density at radius 2 is 2.00 bits per heavy atom. The van der Waals surface area contributed by atoms with E-state index in [0.29, 0.717) is 55.7 Å². The fourth-order valence-corrected chi connectivity index (χ4v) is 3.76. The van der Waals surface area contributed by atoms with Crippen molar-refractivity contribution >= 4 is 22.8 Å². The number of aromatic nitrogens is 4. The summed E-state index contributed by atoms with van der Waals surface area (Å²) in [5.74, 6) is 0.988. The van der Waals surface area contributed by atoms with Crippen molar-refractivity contribution in [3.8, 4) is 17.1 Å². The van der Waals surface area contributed by atoms with Gasteiger partial charge in [-0.15, -0.1) is 0 Å². The van der Waals surface area contributed by atoms with Gasteiger partial charge in [-0.1, -0.05) is 29.8 Å². The Bertz CT molecular complexity index is 1270. The highest BCUT2D eigenvalue weighted by Crippen LogP contribution is 2.29. The predicted octanol–water partition coefficient (Wildman–Crippen LogP) is 2.97. The number of fused-ring (bicyclic) bond motifs is 1. The van der Waals surface area contributed by atoms with Crippen molar-refractivity contribution in [2.45, 2.75) is 13.8 Å². The van der Waals surface area contributed by atoms with Crippen LogP contribution in [0.2, 0.25) is 0 Å². The quantitative estimate of drug-likeness (QED) is 0.518.